The Morgan fingerprint density at radius 3 is 1.79 bits per heavy atom. The van der Waals surface area contributed by atoms with Crippen molar-refractivity contribution in [2.24, 2.45) is 0 Å². The summed E-state index contributed by atoms with van der Waals surface area (Å²) in [4.78, 5) is 44.7. The third kappa shape index (κ3) is 5.78. The normalized spacial score (nSPS) is 29.3. The Kier molecular flexibility index (Phi) is 7.11. The van der Waals surface area contributed by atoms with Crippen molar-refractivity contribution in [2.45, 2.75) is 58.4 Å². The Morgan fingerprint density at radius 1 is 0.833 bits per heavy atom. The second-order valence-electron chi connectivity index (χ2n) is 5.09. The van der Waals surface area contributed by atoms with Crippen LogP contribution in [0.25, 0.3) is 0 Å². The molecule has 136 valence electrons. The topological polar surface area (TPSA) is 135 Å². The molecule has 5 atom stereocenters. The molecule has 0 aliphatic carbocycles. The van der Waals surface area contributed by atoms with Gasteiger partial charge in [0.25, 0.3) is 0 Å². The number of ether oxygens (including phenoxy) is 5. The highest BCUT2D eigenvalue weighted by molar-refractivity contribution is 5.68. The molecule has 0 amide bonds. The van der Waals surface area contributed by atoms with Crippen LogP contribution >= 0.6 is 0 Å². The monoisotopic (exact) mass is 348 g/mol. The molecule has 0 aromatic carbocycles. The zero-order chi connectivity index (χ0) is 18.4. The molecular weight excluding hydrogens is 328 g/mol. The number of aliphatic hydroxyl groups excluding tert-OH is 1. The molecule has 1 rings (SSSR count). The van der Waals surface area contributed by atoms with E-state index >= 15 is 0 Å². The summed E-state index contributed by atoms with van der Waals surface area (Å²) in [5.41, 5.74) is 0. The van der Waals surface area contributed by atoms with Crippen LogP contribution in [0.5, 0.6) is 0 Å². The molecule has 0 spiro atoms. The van der Waals surface area contributed by atoms with Crippen LogP contribution in [-0.4, -0.2) is 66.3 Å². The van der Waals surface area contributed by atoms with Crippen LogP contribution in [0.3, 0.4) is 0 Å². The number of rotatable bonds is 5. The van der Waals surface area contributed by atoms with Gasteiger partial charge in [0.1, 0.15) is 18.8 Å². The summed E-state index contributed by atoms with van der Waals surface area (Å²) in [6, 6.07) is 0. The molecule has 0 radical (unpaired) electrons. The number of carbonyl (C=O) groups excluding carboxylic acids is 4. The largest absolute Gasteiger partial charge is 0.463 e. The summed E-state index contributed by atoms with van der Waals surface area (Å²) in [7, 11) is 0. The molecule has 10 heteroatoms. The van der Waals surface area contributed by atoms with E-state index < -0.39 is 54.6 Å². The first kappa shape index (κ1) is 19.8. The SMILES string of the molecule is CC(=O)OCC1OC(OC(C)=O)C(OC(C)=O)C(OC(C)=O)C1O. The first-order valence-electron chi connectivity index (χ1n) is 7.10. The van der Waals surface area contributed by atoms with Crippen molar-refractivity contribution < 1.29 is 48.0 Å². The first-order valence-corrected chi connectivity index (χ1v) is 7.10. The molecule has 1 fully saturated rings. The molecule has 1 heterocycles. The summed E-state index contributed by atoms with van der Waals surface area (Å²) < 4.78 is 25.0. The molecule has 0 saturated carbocycles. The standard InChI is InChI=1S/C14H20O10/c1-6(15)20-5-10-11(19)12(21-7(2)16)13(22-8(3)17)14(24-10)23-9(4)18/h10-14,19H,5H2,1-4H3. The lowest BCUT2D eigenvalue weighted by atomic mass is 9.98. The number of hydrogen-bond acceptors (Lipinski definition) is 10. The molecule has 0 bridgehead atoms. The summed E-state index contributed by atoms with van der Waals surface area (Å²) in [5, 5.41) is 10.3. The molecule has 24 heavy (non-hydrogen) atoms. The highest BCUT2D eigenvalue weighted by atomic mass is 16.7. The number of hydrogen-bond donors (Lipinski definition) is 1. The maximum absolute atomic E-state index is 11.3. The summed E-state index contributed by atoms with van der Waals surface area (Å²) in [5.74, 6) is -2.89. The lowest BCUT2D eigenvalue weighted by Crippen LogP contribution is -2.62. The van der Waals surface area contributed by atoms with E-state index in [2.05, 4.69) is 0 Å². The maximum Gasteiger partial charge on any atom is 0.305 e. The third-order valence-corrected chi connectivity index (χ3v) is 2.96. The van der Waals surface area contributed by atoms with Gasteiger partial charge in [0.2, 0.25) is 12.4 Å². The van der Waals surface area contributed by atoms with E-state index in [1.807, 2.05) is 0 Å². The van der Waals surface area contributed by atoms with Crippen molar-refractivity contribution in [1.82, 2.24) is 0 Å². The second-order valence-corrected chi connectivity index (χ2v) is 5.09. The molecule has 1 N–H and O–H groups in total. The molecular formula is C14H20O10. The van der Waals surface area contributed by atoms with Gasteiger partial charge in [-0.25, -0.2) is 0 Å². The number of esters is 4. The van der Waals surface area contributed by atoms with Crippen LogP contribution in [0.1, 0.15) is 27.7 Å². The summed E-state index contributed by atoms with van der Waals surface area (Å²) in [6.45, 7) is 4.06. The van der Waals surface area contributed by atoms with Crippen molar-refractivity contribution in [3.63, 3.8) is 0 Å². The smallest absolute Gasteiger partial charge is 0.305 e. The van der Waals surface area contributed by atoms with Gasteiger partial charge in [0.15, 0.2) is 6.10 Å². The molecule has 1 saturated heterocycles. The van der Waals surface area contributed by atoms with Crippen molar-refractivity contribution in [2.75, 3.05) is 6.61 Å². The predicted octanol–water partition coefficient (Wildman–Crippen LogP) is -0.938. The highest BCUT2D eigenvalue weighted by Crippen LogP contribution is 2.27. The van der Waals surface area contributed by atoms with Crippen LogP contribution in [0, 0.1) is 0 Å². The van der Waals surface area contributed by atoms with E-state index in [0.29, 0.717) is 0 Å². The molecule has 0 aromatic rings. The summed E-state index contributed by atoms with van der Waals surface area (Å²) >= 11 is 0. The fraction of sp³-hybridized carbons (Fsp3) is 0.714. The van der Waals surface area contributed by atoms with E-state index in [-0.39, 0.29) is 6.61 Å². The van der Waals surface area contributed by atoms with Crippen molar-refractivity contribution in [1.29, 1.82) is 0 Å². The van der Waals surface area contributed by atoms with Crippen molar-refractivity contribution in [3.05, 3.63) is 0 Å². The number of aliphatic hydroxyl groups is 1. The average Bonchev–Trinajstić information content (AvgIpc) is 2.42. The van der Waals surface area contributed by atoms with E-state index in [1.54, 1.807) is 0 Å². The third-order valence-electron chi connectivity index (χ3n) is 2.96. The van der Waals surface area contributed by atoms with Gasteiger partial charge >= 0.3 is 23.9 Å². The van der Waals surface area contributed by atoms with Crippen LogP contribution in [0.2, 0.25) is 0 Å². The van der Waals surface area contributed by atoms with Gasteiger partial charge in [-0.05, 0) is 0 Å². The lowest BCUT2D eigenvalue weighted by molar-refractivity contribution is -0.298. The average molecular weight is 348 g/mol. The van der Waals surface area contributed by atoms with Crippen LogP contribution < -0.4 is 0 Å². The molecule has 1 aliphatic heterocycles. The van der Waals surface area contributed by atoms with Crippen LogP contribution in [0.4, 0.5) is 0 Å². The zero-order valence-corrected chi connectivity index (χ0v) is 13.7. The van der Waals surface area contributed by atoms with E-state index in [9.17, 15) is 24.3 Å². The van der Waals surface area contributed by atoms with Gasteiger partial charge in [0, 0.05) is 27.7 Å². The first-order chi connectivity index (χ1) is 11.1. The minimum atomic E-state index is -1.48. The van der Waals surface area contributed by atoms with Gasteiger partial charge in [-0.2, -0.15) is 0 Å². The minimum absolute atomic E-state index is 0.376. The Bertz CT molecular complexity index is 502. The fourth-order valence-electron chi connectivity index (χ4n) is 2.13. The molecule has 5 unspecified atom stereocenters. The Labute approximate surface area is 137 Å². The quantitative estimate of drug-likeness (QED) is 0.490. The molecule has 1 aliphatic rings. The van der Waals surface area contributed by atoms with Crippen LogP contribution in [-0.2, 0) is 42.9 Å². The van der Waals surface area contributed by atoms with Crippen LogP contribution in [0.15, 0.2) is 0 Å². The van der Waals surface area contributed by atoms with Gasteiger partial charge < -0.3 is 28.8 Å². The minimum Gasteiger partial charge on any atom is -0.463 e. The lowest BCUT2D eigenvalue weighted by Gasteiger charge is -2.42. The van der Waals surface area contributed by atoms with E-state index in [4.69, 9.17) is 23.7 Å². The summed E-state index contributed by atoms with van der Waals surface area (Å²) in [6.07, 6.45) is -6.83. The maximum atomic E-state index is 11.3. The Balaban J connectivity index is 3.07. The Morgan fingerprint density at radius 2 is 1.33 bits per heavy atom. The van der Waals surface area contributed by atoms with Crippen molar-refractivity contribution >= 4 is 23.9 Å². The zero-order valence-electron chi connectivity index (χ0n) is 13.7. The van der Waals surface area contributed by atoms with Gasteiger partial charge in [-0.1, -0.05) is 0 Å². The van der Waals surface area contributed by atoms with Gasteiger partial charge in [-0.3, -0.25) is 19.2 Å². The van der Waals surface area contributed by atoms with Gasteiger partial charge in [0.05, 0.1) is 0 Å². The second kappa shape index (κ2) is 8.60. The fourth-order valence-corrected chi connectivity index (χ4v) is 2.13. The Hall–Kier alpha value is -2.20. The number of carbonyl (C=O) groups is 4. The van der Waals surface area contributed by atoms with E-state index in [0.717, 1.165) is 27.7 Å². The molecule has 10 nitrogen and oxygen atoms in total. The molecule has 0 aromatic heterocycles. The van der Waals surface area contributed by atoms with Crippen molar-refractivity contribution in [3.8, 4) is 0 Å². The predicted molar refractivity (Wildman–Crippen MR) is 74.2 cm³/mol. The van der Waals surface area contributed by atoms with Gasteiger partial charge in [-0.15, -0.1) is 0 Å². The highest BCUT2D eigenvalue weighted by Gasteiger charge is 2.51. The van der Waals surface area contributed by atoms with E-state index in [1.165, 1.54) is 0 Å².